The molecule has 10 rings (SSSR count). The van der Waals surface area contributed by atoms with Gasteiger partial charge in [0.2, 0.25) is 18.0 Å². The molecule has 17 nitrogen and oxygen atoms in total. The van der Waals surface area contributed by atoms with Crippen molar-refractivity contribution in [3.8, 4) is 39.5 Å². The summed E-state index contributed by atoms with van der Waals surface area (Å²) in [6.07, 6.45) is 8.60. The van der Waals surface area contributed by atoms with Crippen molar-refractivity contribution in [2.45, 2.75) is 103 Å². The molecule has 0 radical (unpaired) electrons. The van der Waals surface area contributed by atoms with E-state index >= 15 is 4.39 Å². The van der Waals surface area contributed by atoms with E-state index < -0.39 is 48.1 Å². The summed E-state index contributed by atoms with van der Waals surface area (Å²) >= 11 is 1.63. The number of imide groups is 2. The molecule has 4 aromatic heterocycles. The molecule has 2 aromatic carbocycles. The molecule has 6 aromatic rings. The first kappa shape index (κ1) is 45.3. The highest BCUT2D eigenvalue weighted by Crippen LogP contribution is 2.50. The summed E-state index contributed by atoms with van der Waals surface area (Å²) < 4.78 is 35.3. The number of H-pyrrole nitrogens is 2. The number of benzene rings is 2. The number of carbonyl (C=O) groups is 4. The molecule has 4 amide bonds. The minimum absolute atomic E-state index is 0.0776. The number of aromatic amines is 2. The van der Waals surface area contributed by atoms with Gasteiger partial charge in [0.05, 0.1) is 88.8 Å². The van der Waals surface area contributed by atoms with Gasteiger partial charge < -0.3 is 24.2 Å². The maximum atomic E-state index is 16.9. The third-order valence-corrected chi connectivity index (χ3v) is 14.9. The van der Waals surface area contributed by atoms with Crippen molar-refractivity contribution < 1.29 is 37.8 Å². The van der Waals surface area contributed by atoms with Crippen LogP contribution in [0.2, 0.25) is 0 Å². The lowest BCUT2D eigenvalue weighted by Gasteiger charge is -2.33. The fourth-order valence-electron chi connectivity index (χ4n) is 10.5. The number of methoxy groups -OCH3 is 2. The summed E-state index contributed by atoms with van der Waals surface area (Å²) in [6, 6.07) is 9.92. The van der Waals surface area contributed by atoms with Crippen LogP contribution in [0.1, 0.15) is 112 Å². The van der Waals surface area contributed by atoms with Crippen molar-refractivity contribution in [2.75, 3.05) is 27.3 Å². The minimum Gasteiger partial charge on any atom is -0.464 e. The molecule has 0 spiro atoms. The van der Waals surface area contributed by atoms with Crippen molar-refractivity contribution in [1.29, 1.82) is 0 Å². The van der Waals surface area contributed by atoms with Crippen molar-refractivity contribution in [1.82, 2.24) is 49.9 Å². The maximum absolute atomic E-state index is 16.9. The highest BCUT2D eigenvalue weighted by molar-refractivity contribution is 7.11. The Labute approximate surface area is 396 Å². The van der Waals surface area contributed by atoms with E-state index in [0.29, 0.717) is 53.1 Å². The van der Waals surface area contributed by atoms with Gasteiger partial charge in [-0.1, -0.05) is 33.8 Å². The molecule has 3 aliphatic heterocycles. The predicted octanol–water partition coefficient (Wildman–Crippen LogP) is 8.59. The number of thiazole rings is 1. The second kappa shape index (κ2) is 18.2. The molecule has 1 saturated carbocycles. The SMILES string of the molecule is COC(=O)NC(=O)[C@@H](C(C)C)N1CCC[C@@H]1c1ncc(-c2cc(F)c3c(c2)O[C@H](c2cnc(C4CC4)s2)n2c-3cc3cc(-c4cnc([C@H]5CCCN5[C@@H](C(=O)NC(=O)OC)C(C)C)[nH]4)ccc32)[nH]1. The van der Waals surface area contributed by atoms with Crippen LogP contribution in [0.25, 0.3) is 44.7 Å². The van der Waals surface area contributed by atoms with E-state index in [1.807, 2.05) is 58.2 Å². The van der Waals surface area contributed by atoms with E-state index in [1.165, 1.54) is 20.3 Å². The monoisotopic (exact) mass is 946 g/mol. The molecule has 4 N–H and O–H groups in total. The van der Waals surface area contributed by atoms with E-state index in [-0.39, 0.29) is 23.9 Å². The highest BCUT2D eigenvalue weighted by Gasteiger charge is 2.41. The summed E-state index contributed by atoms with van der Waals surface area (Å²) in [5.74, 6) is 0.733. The minimum atomic E-state index is -0.805. The van der Waals surface area contributed by atoms with Crippen LogP contribution in [0.15, 0.2) is 55.0 Å². The van der Waals surface area contributed by atoms with Crippen LogP contribution in [0.3, 0.4) is 0 Å². The molecule has 4 aliphatic rings. The molecule has 68 heavy (non-hydrogen) atoms. The Bertz CT molecular complexity index is 2920. The Hall–Kier alpha value is -6.44. The zero-order valence-electron chi connectivity index (χ0n) is 38.8. The highest BCUT2D eigenvalue weighted by atomic mass is 32.1. The normalized spacial score (nSPS) is 20.3. The van der Waals surface area contributed by atoms with Gasteiger partial charge in [-0.2, -0.15) is 0 Å². The van der Waals surface area contributed by atoms with E-state index in [0.717, 1.165) is 76.4 Å². The number of ether oxygens (including phenoxy) is 3. The number of fused-ring (bicyclic) bond motifs is 5. The standard InChI is InChI=1S/C49H55FN10O7S/c1-24(2)40(44(61)56-48(63)65-5)58-15-7-9-34(58)42-51-21-31(54-42)27-13-14-33-29(17-27)19-36-39-30(50)18-28(20-37(39)67-47(60(33)36)38-23-53-46(68-38)26-11-12-26)32-22-52-43(55-32)35-10-8-16-59(35)41(25(3)4)45(62)57-49(64)66-6/h13-14,17-26,34-35,40-41,47H,7-12,15-16H2,1-6H3,(H,51,54)(H,52,55)(H,56,61,63)(H,57,62,64)/t34-,35-,40-,41-,47-/m1/s1. The largest absolute Gasteiger partial charge is 0.464 e. The number of carbonyl (C=O) groups excluding carboxylic acids is 4. The topological polar surface area (TPSA) is 202 Å². The lowest BCUT2D eigenvalue weighted by molar-refractivity contribution is -0.128. The molecule has 3 fully saturated rings. The molecule has 2 saturated heterocycles. The van der Waals surface area contributed by atoms with Crippen molar-refractivity contribution in [3.63, 3.8) is 0 Å². The Kier molecular flexibility index (Phi) is 12.2. The number of imidazole rings is 2. The van der Waals surface area contributed by atoms with E-state index in [9.17, 15) is 19.2 Å². The van der Waals surface area contributed by atoms with Crippen LogP contribution in [0.4, 0.5) is 14.0 Å². The van der Waals surface area contributed by atoms with Crippen LogP contribution >= 0.6 is 11.3 Å². The first-order valence-electron chi connectivity index (χ1n) is 23.3. The quantitative estimate of drug-likeness (QED) is 0.0912. The summed E-state index contributed by atoms with van der Waals surface area (Å²) in [7, 11) is 2.46. The van der Waals surface area contributed by atoms with Gasteiger partial charge in [0, 0.05) is 28.6 Å². The molecule has 0 unspecified atom stereocenters. The van der Waals surface area contributed by atoms with Gasteiger partial charge in [0.25, 0.3) is 0 Å². The number of nitrogens with one attached hydrogen (secondary N) is 4. The summed E-state index contributed by atoms with van der Waals surface area (Å²) in [5.41, 5.74) is 4.71. The van der Waals surface area contributed by atoms with Crippen LogP contribution in [-0.4, -0.2) is 103 Å². The van der Waals surface area contributed by atoms with Crippen LogP contribution in [0, 0.1) is 17.7 Å². The average molecular weight is 947 g/mol. The maximum Gasteiger partial charge on any atom is 0.413 e. The number of likely N-dealkylation sites (tertiary alicyclic amines) is 2. The van der Waals surface area contributed by atoms with Crippen molar-refractivity contribution in [2.24, 2.45) is 11.8 Å². The first-order chi connectivity index (χ1) is 32.8. The van der Waals surface area contributed by atoms with E-state index in [1.54, 1.807) is 23.7 Å². The molecular weight excluding hydrogens is 892 g/mol. The third kappa shape index (κ3) is 8.33. The van der Waals surface area contributed by atoms with Crippen LogP contribution in [-0.2, 0) is 19.1 Å². The molecule has 0 bridgehead atoms. The molecule has 356 valence electrons. The zero-order valence-corrected chi connectivity index (χ0v) is 39.6. The van der Waals surface area contributed by atoms with Crippen LogP contribution in [0.5, 0.6) is 5.75 Å². The summed E-state index contributed by atoms with van der Waals surface area (Å²) in [4.78, 5) is 76.9. The van der Waals surface area contributed by atoms with Gasteiger partial charge in [0.1, 0.15) is 23.2 Å². The average Bonchev–Trinajstić information content (AvgIpc) is 4.02. The molecule has 19 heteroatoms. The lowest BCUT2D eigenvalue weighted by Crippen LogP contribution is -2.51. The second-order valence-electron chi connectivity index (χ2n) is 18.8. The van der Waals surface area contributed by atoms with Gasteiger partial charge in [0.15, 0.2) is 0 Å². The lowest BCUT2D eigenvalue weighted by atomic mass is 10.0. The van der Waals surface area contributed by atoms with Crippen LogP contribution < -0.4 is 15.4 Å². The Morgan fingerprint density at radius 1 is 0.765 bits per heavy atom. The van der Waals surface area contributed by atoms with E-state index in [4.69, 9.17) is 29.2 Å². The fourth-order valence-corrected chi connectivity index (χ4v) is 11.6. The van der Waals surface area contributed by atoms with Crippen molar-refractivity contribution >= 4 is 46.2 Å². The number of amides is 4. The molecular formula is C49H55FN10O7S. The number of nitrogens with zero attached hydrogens (tertiary/aromatic N) is 6. The Morgan fingerprint density at radius 2 is 1.35 bits per heavy atom. The van der Waals surface area contributed by atoms with Crippen molar-refractivity contribution in [3.05, 3.63) is 82.3 Å². The van der Waals surface area contributed by atoms with Gasteiger partial charge in [-0.3, -0.25) is 34.6 Å². The zero-order chi connectivity index (χ0) is 47.5. The summed E-state index contributed by atoms with van der Waals surface area (Å²) in [6.45, 7) is 9.11. The fraction of sp³-hybridized carbons (Fsp3) is 0.449. The number of halogens is 1. The molecule has 7 heterocycles. The van der Waals surface area contributed by atoms with Gasteiger partial charge in [-0.15, -0.1) is 11.3 Å². The predicted molar refractivity (Wildman–Crippen MR) is 251 cm³/mol. The molecule has 5 atom stereocenters. The number of rotatable bonds is 12. The van der Waals surface area contributed by atoms with Gasteiger partial charge in [-0.25, -0.2) is 28.9 Å². The Morgan fingerprint density at radius 3 is 1.91 bits per heavy atom. The van der Waals surface area contributed by atoms with E-state index in [2.05, 4.69) is 41.0 Å². The number of aromatic nitrogens is 6. The first-order valence-corrected chi connectivity index (χ1v) is 24.1. The Balaban J connectivity index is 0.972. The number of hydrogen-bond acceptors (Lipinski definition) is 13. The molecule has 1 aliphatic carbocycles. The third-order valence-electron chi connectivity index (χ3n) is 13.7. The van der Waals surface area contributed by atoms with Gasteiger partial charge in [-0.05, 0) is 93.8 Å². The summed E-state index contributed by atoms with van der Waals surface area (Å²) in [5, 5.41) is 6.66. The number of hydrogen-bond donors (Lipinski definition) is 4. The second-order valence-corrected chi connectivity index (χ2v) is 19.9. The van der Waals surface area contributed by atoms with Gasteiger partial charge >= 0.3 is 12.2 Å². The number of alkyl carbamates (subject to hydrolysis) is 2. The smallest absolute Gasteiger partial charge is 0.413 e.